The predicted octanol–water partition coefficient (Wildman–Crippen LogP) is 3.52. The summed E-state index contributed by atoms with van der Waals surface area (Å²) in [5, 5.41) is 3.65. The van der Waals surface area contributed by atoms with Gasteiger partial charge in [0.15, 0.2) is 5.69 Å². The predicted molar refractivity (Wildman–Crippen MR) is 73.5 cm³/mol. The van der Waals surface area contributed by atoms with Crippen molar-refractivity contribution in [2.24, 2.45) is 0 Å². The van der Waals surface area contributed by atoms with E-state index in [4.69, 9.17) is 16.3 Å². The lowest BCUT2D eigenvalue weighted by Crippen LogP contribution is -2.07. The van der Waals surface area contributed by atoms with Crippen LogP contribution in [0.3, 0.4) is 0 Å². The Balaban J connectivity index is 2.05. The van der Waals surface area contributed by atoms with Crippen LogP contribution in [0, 0.1) is 0 Å². The average Bonchev–Trinajstić information content (AvgIpc) is 2.92. The number of aromatic nitrogens is 5. The van der Waals surface area contributed by atoms with Crippen molar-refractivity contribution in [1.29, 1.82) is 0 Å². The maximum atomic E-state index is 12.9. The molecule has 0 N–H and O–H groups in total. The van der Waals surface area contributed by atoms with Gasteiger partial charge in [-0.15, -0.1) is 0 Å². The molecule has 0 atom stereocenters. The van der Waals surface area contributed by atoms with Gasteiger partial charge in [-0.2, -0.15) is 23.0 Å². The van der Waals surface area contributed by atoms with Crippen LogP contribution in [0.25, 0.3) is 5.69 Å². The molecular weight excluding hydrogens is 335 g/mol. The molecule has 23 heavy (non-hydrogen) atoms. The van der Waals surface area contributed by atoms with E-state index in [9.17, 15) is 13.2 Å². The molecule has 0 fully saturated rings. The third kappa shape index (κ3) is 3.39. The molecule has 0 bridgehead atoms. The minimum atomic E-state index is -4.62. The Labute approximate surface area is 132 Å². The fourth-order valence-corrected chi connectivity index (χ4v) is 1.89. The lowest BCUT2D eigenvalue weighted by molar-refractivity contribution is -0.141. The lowest BCUT2D eigenvalue weighted by atomic mass is 10.4. The number of ether oxygens (including phenoxy) is 1. The van der Waals surface area contributed by atoms with Crippen LogP contribution in [-0.4, -0.2) is 24.7 Å². The number of nitrogens with zero attached hydrogens (tertiary/aromatic N) is 5. The summed E-state index contributed by atoms with van der Waals surface area (Å²) in [6, 6.07) is 3.60. The van der Waals surface area contributed by atoms with E-state index in [1.807, 2.05) is 0 Å². The monoisotopic (exact) mass is 341 g/mol. The van der Waals surface area contributed by atoms with Gasteiger partial charge < -0.3 is 4.74 Å². The molecule has 118 valence electrons. The summed E-state index contributed by atoms with van der Waals surface area (Å²) in [5.74, 6) is 0.0612. The van der Waals surface area contributed by atoms with Gasteiger partial charge in [-0.25, -0.2) is 15.0 Å². The topological polar surface area (TPSA) is 65.7 Å². The molecule has 3 aromatic rings. The second kappa shape index (κ2) is 5.84. The van der Waals surface area contributed by atoms with Crippen molar-refractivity contribution in [3.8, 4) is 17.3 Å². The summed E-state index contributed by atoms with van der Waals surface area (Å²) in [4.78, 5) is 11.3. The van der Waals surface area contributed by atoms with Gasteiger partial charge in [0.1, 0.15) is 22.9 Å². The van der Waals surface area contributed by atoms with Crippen molar-refractivity contribution in [3.63, 3.8) is 0 Å². The normalized spacial score (nSPS) is 11.5. The molecule has 0 aromatic carbocycles. The van der Waals surface area contributed by atoms with E-state index in [-0.39, 0.29) is 22.5 Å². The zero-order chi connectivity index (χ0) is 16.4. The highest BCUT2D eigenvalue weighted by Gasteiger charge is 2.35. The van der Waals surface area contributed by atoms with Crippen LogP contribution in [-0.2, 0) is 6.18 Å². The Morgan fingerprint density at radius 1 is 1.13 bits per heavy atom. The molecule has 3 aromatic heterocycles. The molecule has 10 heteroatoms. The van der Waals surface area contributed by atoms with Gasteiger partial charge >= 0.3 is 6.18 Å². The van der Waals surface area contributed by atoms with E-state index in [0.29, 0.717) is 0 Å². The first-order valence-corrected chi connectivity index (χ1v) is 6.53. The van der Waals surface area contributed by atoms with E-state index in [2.05, 4.69) is 20.1 Å². The lowest BCUT2D eigenvalue weighted by Gasteiger charge is -2.08. The molecule has 3 heterocycles. The number of pyridine rings is 1. The maximum Gasteiger partial charge on any atom is 0.435 e. The zero-order valence-electron chi connectivity index (χ0n) is 11.2. The van der Waals surface area contributed by atoms with Gasteiger partial charge in [0.05, 0.1) is 12.4 Å². The maximum absolute atomic E-state index is 12.9. The molecule has 0 radical (unpaired) electrons. The molecule has 0 aliphatic heterocycles. The number of halogens is 4. The second-order valence-corrected chi connectivity index (χ2v) is 4.68. The summed E-state index contributed by atoms with van der Waals surface area (Å²) in [6.45, 7) is 0. The largest absolute Gasteiger partial charge is 0.439 e. The highest BCUT2D eigenvalue weighted by Crippen LogP contribution is 2.33. The molecule has 0 spiro atoms. The van der Waals surface area contributed by atoms with Crippen molar-refractivity contribution >= 4 is 11.6 Å². The number of rotatable bonds is 3. The Hall–Kier alpha value is -2.68. The van der Waals surface area contributed by atoms with Gasteiger partial charge in [0.2, 0.25) is 5.88 Å². The Bertz CT molecular complexity index is 822. The standard InChI is InChI=1S/C13H7ClF3N5O/c14-11-3-9(1-2-20-11)23-12-4-10(13(15,16)17)21-22(12)8-5-18-7-19-6-8/h1-7H. The second-order valence-electron chi connectivity index (χ2n) is 4.29. The molecule has 3 rings (SSSR count). The fourth-order valence-electron chi connectivity index (χ4n) is 1.73. The van der Waals surface area contributed by atoms with E-state index in [1.54, 1.807) is 0 Å². The molecule has 0 unspecified atom stereocenters. The van der Waals surface area contributed by atoms with Gasteiger partial charge in [-0.05, 0) is 6.07 Å². The highest BCUT2D eigenvalue weighted by atomic mass is 35.5. The van der Waals surface area contributed by atoms with Crippen LogP contribution in [0.15, 0.2) is 43.1 Å². The van der Waals surface area contributed by atoms with Gasteiger partial charge in [0, 0.05) is 18.3 Å². The van der Waals surface area contributed by atoms with Gasteiger partial charge in [-0.1, -0.05) is 11.6 Å². The highest BCUT2D eigenvalue weighted by molar-refractivity contribution is 6.29. The summed E-state index contributed by atoms with van der Waals surface area (Å²) in [5.41, 5.74) is -0.880. The fraction of sp³-hybridized carbons (Fsp3) is 0.0769. The number of hydrogen-bond acceptors (Lipinski definition) is 5. The van der Waals surface area contributed by atoms with Crippen LogP contribution in [0.4, 0.5) is 13.2 Å². The Morgan fingerprint density at radius 3 is 2.52 bits per heavy atom. The summed E-state index contributed by atoms with van der Waals surface area (Å²) < 4.78 is 45.1. The van der Waals surface area contributed by atoms with Gasteiger partial charge in [-0.3, -0.25) is 0 Å². The van der Waals surface area contributed by atoms with Crippen molar-refractivity contribution in [2.45, 2.75) is 6.18 Å². The molecule has 0 saturated carbocycles. The summed E-state index contributed by atoms with van der Waals surface area (Å²) in [7, 11) is 0. The van der Waals surface area contributed by atoms with E-state index < -0.39 is 11.9 Å². The SMILES string of the molecule is FC(F)(F)c1cc(Oc2ccnc(Cl)c2)n(-c2cncnc2)n1. The molecular formula is C13H7ClF3N5O. The minimum Gasteiger partial charge on any atom is -0.439 e. The molecule has 0 aliphatic rings. The smallest absolute Gasteiger partial charge is 0.435 e. The third-order valence-corrected chi connectivity index (χ3v) is 2.89. The van der Waals surface area contributed by atoms with Crippen LogP contribution in [0.2, 0.25) is 5.15 Å². The molecule has 0 aliphatic carbocycles. The van der Waals surface area contributed by atoms with Crippen LogP contribution >= 0.6 is 11.6 Å². The van der Waals surface area contributed by atoms with E-state index in [1.165, 1.54) is 37.1 Å². The first-order chi connectivity index (χ1) is 10.9. The summed E-state index contributed by atoms with van der Waals surface area (Å²) in [6.07, 6.45) is 0.628. The molecule has 0 saturated heterocycles. The molecule has 6 nitrogen and oxygen atoms in total. The van der Waals surface area contributed by atoms with Crippen LogP contribution < -0.4 is 4.74 Å². The number of alkyl halides is 3. The Kier molecular flexibility index (Phi) is 3.87. The van der Waals surface area contributed by atoms with Gasteiger partial charge in [0.25, 0.3) is 0 Å². The zero-order valence-corrected chi connectivity index (χ0v) is 12.0. The minimum absolute atomic E-state index is 0.146. The van der Waals surface area contributed by atoms with E-state index >= 15 is 0 Å². The quantitative estimate of drug-likeness (QED) is 0.682. The van der Waals surface area contributed by atoms with Crippen LogP contribution in [0.5, 0.6) is 11.6 Å². The van der Waals surface area contributed by atoms with Crippen molar-refractivity contribution < 1.29 is 17.9 Å². The van der Waals surface area contributed by atoms with Crippen LogP contribution in [0.1, 0.15) is 5.69 Å². The number of hydrogen-bond donors (Lipinski definition) is 0. The van der Waals surface area contributed by atoms with Crippen molar-refractivity contribution in [2.75, 3.05) is 0 Å². The third-order valence-electron chi connectivity index (χ3n) is 2.68. The first-order valence-electron chi connectivity index (χ1n) is 6.15. The van der Waals surface area contributed by atoms with E-state index in [0.717, 1.165) is 10.7 Å². The van der Waals surface area contributed by atoms with Crippen molar-refractivity contribution in [1.82, 2.24) is 24.7 Å². The molecule has 0 amide bonds. The first kappa shape index (κ1) is 15.2. The van der Waals surface area contributed by atoms with Crippen molar-refractivity contribution in [3.05, 3.63) is 54.0 Å². The average molecular weight is 342 g/mol. The Morgan fingerprint density at radius 2 is 1.87 bits per heavy atom. The summed E-state index contributed by atoms with van der Waals surface area (Å²) >= 11 is 5.73.